The van der Waals surface area contributed by atoms with Gasteiger partial charge in [0.2, 0.25) is 0 Å². The fraction of sp³-hybridized carbons (Fsp3) is 0.360. The molecule has 0 aromatic heterocycles. The fourth-order valence-electron chi connectivity index (χ4n) is 3.75. The molecule has 1 heterocycles. The first-order valence-electron chi connectivity index (χ1n) is 10.8. The number of carbonyl (C=O) groups excluding carboxylic acids is 2. The lowest BCUT2D eigenvalue weighted by Gasteiger charge is -2.25. The molecular weight excluding hydrogens is 410 g/mol. The SMILES string of the molecule is CCCCOc1cccc(C(O)=C2C(=O)C(=O)N(CCCOC)C2c2cccc(O)c2)c1. The number of unbranched alkanes of at least 4 members (excludes halogenated alkanes) is 1. The lowest BCUT2D eigenvalue weighted by atomic mass is 9.95. The Morgan fingerprint density at radius 3 is 2.56 bits per heavy atom. The van der Waals surface area contributed by atoms with Gasteiger partial charge in [-0.1, -0.05) is 37.6 Å². The molecule has 0 bridgehead atoms. The van der Waals surface area contributed by atoms with Crippen molar-refractivity contribution in [2.24, 2.45) is 0 Å². The van der Waals surface area contributed by atoms with Crippen LogP contribution in [0, 0.1) is 0 Å². The minimum Gasteiger partial charge on any atom is -0.508 e. The van der Waals surface area contributed by atoms with Gasteiger partial charge < -0.3 is 24.6 Å². The summed E-state index contributed by atoms with van der Waals surface area (Å²) in [6.07, 6.45) is 2.43. The smallest absolute Gasteiger partial charge is 0.295 e. The molecule has 1 amide bonds. The van der Waals surface area contributed by atoms with E-state index in [1.165, 1.54) is 17.0 Å². The van der Waals surface area contributed by atoms with Crippen LogP contribution in [0.1, 0.15) is 43.4 Å². The van der Waals surface area contributed by atoms with Crippen LogP contribution in [0.2, 0.25) is 0 Å². The first-order valence-corrected chi connectivity index (χ1v) is 10.8. The number of amides is 1. The van der Waals surface area contributed by atoms with E-state index < -0.39 is 17.7 Å². The highest BCUT2D eigenvalue weighted by Crippen LogP contribution is 2.40. The number of phenolic OH excluding ortho intramolecular Hbond substituents is 1. The highest BCUT2D eigenvalue weighted by molar-refractivity contribution is 6.46. The number of Topliss-reactive ketones (excluding diaryl/α,β-unsaturated/α-hetero) is 1. The van der Waals surface area contributed by atoms with Crippen LogP contribution < -0.4 is 4.74 Å². The van der Waals surface area contributed by atoms with E-state index in [1.807, 2.05) is 0 Å². The lowest BCUT2D eigenvalue weighted by Crippen LogP contribution is -2.31. The fourth-order valence-corrected chi connectivity index (χ4v) is 3.75. The summed E-state index contributed by atoms with van der Waals surface area (Å²) >= 11 is 0. The Kier molecular flexibility index (Phi) is 7.89. The molecule has 170 valence electrons. The van der Waals surface area contributed by atoms with E-state index in [0.717, 1.165) is 12.8 Å². The number of aromatic hydroxyl groups is 1. The van der Waals surface area contributed by atoms with Crippen molar-refractivity contribution in [3.63, 3.8) is 0 Å². The topological polar surface area (TPSA) is 96.3 Å². The second-order valence-corrected chi connectivity index (χ2v) is 7.66. The third-order valence-electron chi connectivity index (χ3n) is 5.35. The minimum absolute atomic E-state index is 0.0104. The number of likely N-dealkylation sites (tertiary alicyclic amines) is 1. The van der Waals surface area contributed by atoms with Gasteiger partial charge in [-0.05, 0) is 42.7 Å². The Labute approximate surface area is 187 Å². The summed E-state index contributed by atoms with van der Waals surface area (Å²) in [6, 6.07) is 12.4. The van der Waals surface area contributed by atoms with Gasteiger partial charge >= 0.3 is 0 Å². The molecule has 1 atom stereocenters. The molecule has 1 fully saturated rings. The van der Waals surface area contributed by atoms with Gasteiger partial charge in [0, 0.05) is 25.8 Å². The molecule has 7 heteroatoms. The van der Waals surface area contributed by atoms with Crippen LogP contribution in [-0.2, 0) is 14.3 Å². The van der Waals surface area contributed by atoms with Gasteiger partial charge in [0.15, 0.2) is 0 Å². The first kappa shape index (κ1) is 23.3. The number of hydrogen-bond acceptors (Lipinski definition) is 6. The largest absolute Gasteiger partial charge is 0.508 e. The monoisotopic (exact) mass is 439 g/mol. The standard InChI is InChI=1S/C25H29NO6/c1-3-4-14-32-20-11-6-9-18(16-20)23(28)21-22(17-8-5-10-19(27)15-17)26(12-7-13-31-2)25(30)24(21)29/h5-6,8-11,15-16,22,27-28H,3-4,7,12-14H2,1-2H3. The van der Waals surface area contributed by atoms with Crippen LogP contribution in [0.25, 0.3) is 5.76 Å². The van der Waals surface area contributed by atoms with Gasteiger partial charge in [0.05, 0.1) is 18.2 Å². The van der Waals surface area contributed by atoms with E-state index in [9.17, 15) is 19.8 Å². The number of hydrogen-bond donors (Lipinski definition) is 2. The molecule has 32 heavy (non-hydrogen) atoms. The number of nitrogens with zero attached hydrogens (tertiary/aromatic N) is 1. The van der Waals surface area contributed by atoms with Crippen molar-refractivity contribution in [1.82, 2.24) is 4.90 Å². The third-order valence-corrected chi connectivity index (χ3v) is 5.35. The highest BCUT2D eigenvalue weighted by Gasteiger charge is 2.45. The molecule has 0 spiro atoms. The number of aliphatic hydroxyl groups is 1. The molecule has 0 saturated carbocycles. The maximum absolute atomic E-state index is 13.0. The number of carbonyl (C=O) groups is 2. The van der Waals surface area contributed by atoms with Gasteiger partial charge in [0.25, 0.3) is 11.7 Å². The van der Waals surface area contributed by atoms with Crippen LogP contribution in [0.4, 0.5) is 0 Å². The van der Waals surface area contributed by atoms with Crippen molar-refractivity contribution >= 4 is 17.4 Å². The van der Waals surface area contributed by atoms with Gasteiger partial charge in [-0.2, -0.15) is 0 Å². The summed E-state index contributed by atoms with van der Waals surface area (Å²) in [5, 5.41) is 21.1. The molecule has 2 N–H and O–H groups in total. The summed E-state index contributed by atoms with van der Waals surface area (Å²) in [5.41, 5.74) is 0.918. The molecule has 1 aliphatic rings. The molecule has 1 saturated heterocycles. The summed E-state index contributed by atoms with van der Waals surface area (Å²) < 4.78 is 10.8. The number of ketones is 1. The zero-order chi connectivity index (χ0) is 23.1. The molecule has 1 unspecified atom stereocenters. The average Bonchev–Trinajstić information content (AvgIpc) is 3.04. The van der Waals surface area contributed by atoms with E-state index in [2.05, 4.69) is 6.92 Å². The predicted octanol–water partition coefficient (Wildman–Crippen LogP) is 4.03. The number of benzene rings is 2. The predicted molar refractivity (Wildman–Crippen MR) is 120 cm³/mol. The molecular formula is C25H29NO6. The summed E-state index contributed by atoms with van der Waals surface area (Å²) in [5.74, 6) is -1.13. The van der Waals surface area contributed by atoms with Crippen molar-refractivity contribution in [3.8, 4) is 11.5 Å². The Morgan fingerprint density at radius 1 is 1.06 bits per heavy atom. The van der Waals surface area contributed by atoms with Gasteiger partial charge in [0.1, 0.15) is 17.3 Å². The van der Waals surface area contributed by atoms with Crippen LogP contribution in [0.15, 0.2) is 54.1 Å². The maximum Gasteiger partial charge on any atom is 0.295 e. The highest BCUT2D eigenvalue weighted by atomic mass is 16.5. The lowest BCUT2D eigenvalue weighted by molar-refractivity contribution is -0.140. The second kappa shape index (κ2) is 10.8. The Balaban J connectivity index is 2.04. The zero-order valence-electron chi connectivity index (χ0n) is 18.4. The van der Waals surface area contributed by atoms with Gasteiger partial charge in [-0.25, -0.2) is 0 Å². The Morgan fingerprint density at radius 2 is 1.84 bits per heavy atom. The van der Waals surface area contributed by atoms with E-state index in [1.54, 1.807) is 43.5 Å². The van der Waals surface area contributed by atoms with Gasteiger partial charge in [-0.3, -0.25) is 9.59 Å². The second-order valence-electron chi connectivity index (χ2n) is 7.66. The quantitative estimate of drug-likeness (QED) is 0.251. The van der Waals surface area contributed by atoms with E-state index in [4.69, 9.17) is 9.47 Å². The van der Waals surface area contributed by atoms with E-state index in [-0.39, 0.29) is 23.6 Å². The summed E-state index contributed by atoms with van der Waals surface area (Å²) in [6.45, 7) is 3.31. The summed E-state index contributed by atoms with van der Waals surface area (Å²) in [7, 11) is 1.57. The number of aliphatic hydroxyl groups excluding tert-OH is 1. The first-order chi connectivity index (χ1) is 15.5. The minimum atomic E-state index is -0.816. The van der Waals surface area contributed by atoms with Crippen LogP contribution >= 0.6 is 0 Å². The van der Waals surface area contributed by atoms with Crippen molar-refractivity contribution in [3.05, 3.63) is 65.2 Å². The van der Waals surface area contributed by atoms with Crippen molar-refractivity contribution in [2.75, 3.05) is 26.9 Å². The van der Waals surface area contributed by atoms with E-state index >= 15 is 0 Å². The van der Waals surface area contributed by atoms with E-state index in [0.29, 0.717) is 36.5 Å². The van der Waals surface area contributed by atoms with Crippen molar-refractivity contribution in [1.29, 1.82) is 0 Å². The van der Waals surface area contributed by atoms with Crippen LogP contribution in [-0.4, -0.2) is 53.7 Å². The Hall–Kier alpha value is -3.32. The third kappa shape index (κ3) is 5.11. The maximum atomic E-state index is 13.0. The van der Waals surface area contributed by atoms with Crippen molar-refractivity contribution in [2.45, 2.75) is 32.2 Å². The molecule has 2 aromatic rings. The number of ether oxygens (including phenoxy) is 2. The Bertz CT molecular complexity index is 999. The van der Waals surface area contributed by atoms with Crippen LogP contribution in [0.3, 0.4) is 0 Å². The summed E-state index contributed by atoms with van der Waals surface area (Å²) in [4.78, 5) is 27.3. The molecule has 0 aliphatic carbocycles. The molecule has 2 aromatic carbocycles. The normalized spacial score (nSPS) is 17.7. The van der Waals surface area contributed by atoms with Crippen LogP contribution in [0.5, 0.6) is 11.5 Å². The molecule has 7 nitrogen and oxygen atoms in total. The number of rotatable bonds is 10. The number of phenols is 1. The zero-order valence-corrected chi connectivity index (χ0v) is 18.4. The molecule has 1 aliphatic heterocycles. The average molecular weight is 440 g/mol. The number of methoxy groups -OCH3 is 1. The van der Waals surface area contributed by atoms with Gasteiger partial charge in [-0.15, -0.1) is 0 Å². The molecule has 3 rings (SSSR count). The van der Waals surface area contributed by atoms with Crippen molar-refractivity contribution < 1.29 is 29.3 Å². The molecule has 0 radical (unpaired) electrons.